The van der Waals surface area contributed by atoms with Gasteiger partial charge in [-0.1, -0.05) is 12.2 Å². The summed E-state index contributed by atoms with van der Waals surface area (Å²) < 4.78 is 4.96. The van der Waals surface area contributed by atoms with Crippen LogP contribution in [0, 0.1) is 5.92 Å². The summed E-state index contributed by atoms with van der Waals surface area (Å²) in [6.07, 6.45) is 0.616. The molecule has 11 heavy (non-hydrogen) atoms. The third kappa shape index (κ3) is 1.40. The molecule has 2 unspecified atom stereocenters. The Bertz CT molecular complexity index is 195. The van der Waals surface area contributed by atoms with Gasteiger partial charge in [-0.3, -0.25) is 10.2 Å². The minimum absolute atomic E-state index is 0.0349. The van der Waals surface area contributed by atoms with Crippen molar-refractivity contribution in [3.8, 4) is 0 Å². The molecule has 0 aromatic rings. The van der Waals surface area contributed by atoms with Gasteiger partial charge >= 0.3 is 0 Å². The van der Waals surface area contributed by atoms with Gasteiger partial charge in [0.15, 0.2) is 0 Å². The molecule has 1 saturated carbocycles. The molecule has 0 saturated heterocycles. The second-order valence-electron chi connectivity index (χ2n) is 2.42. The van der Waals surface area contributed by atoms with E-state index in [1.54, 1.807) is 7.11 Å². The first-order chi connectivity index (χ1) is 5.20. The van der Waals surface area contributed by atoms with Crippen LogP contribution in [0.1, 0.15) is 6.42 Å². The molecule has 0 aromatic heterocycles. The molecule has 5 heteroatoms. The Morgan fingerprint density at radius 3 is 2.91 bits per heavy atom. The zero-order chi connectivity index (χ0) is 8.43. The number of carbonyl (C=O) groups is 1. The highest BCUT2D eigenvalue weighted by Crippen LogP contribution is 2.26. The molecule has 4 nitrogen and oxygen atoms in total. The number of rotatable bonds is 2. The van der Waals surface area contributed by atoms with E-state index in [2.05, 4.69) is 5.43 Å². The maximum Gasteiger partial charge on any atom is 0.242 e. The first kappa shape index (κ1) is 8.58. The fraction of sp³-hybridized carbons (Fsp3) is 0.667. The summed E-state index contributed by atoms with van der Waals surface area (Å²) in [5.74, 6) is 4.49. The standard InChI is InChI=1S/C6H10N2O2S/c1-10-4-2-3(5(4)11)6(9)8-7/h3-4H,2,7H2,1H3,(H,8,9). The van der Waals surface area contributed by atoms with Gasteiger partial charge < -0.3 is 4.74 Å². The van der Waals surface area contributed by atoms with Crippen LogP contribution in [-0.4, -0.2) is 24.0 Å². The highest BCUT2D eigenvalue weighted by molar-refractivity contribution is 7.80. The smallest absolute Gasteiger partial charge is 0.242 e. The van der Waals surface area contributed by atoms with Crippen LogP contribution in [0.4, 0.5) is 0 Å². The fourth-order valence-corrected chi connectivity index (χ4v) is 1.46. The SMILES string of the molecule is COC1CC(C(=O)NN)C1=S. The molecule has 1 rings (SSSR count). The van der Waals surface area contributed by atoms with Crippen molar-refractivity contribution in [1.82, 2.24) is 5.43 Å². The molecule has 1 aliphatic rings. The summed E-state index contributed by atoms with van der Waals surface area (Å²) in [6.45, 7) is 0. The van der Waals surface area contributed by atoms with Crippen LogP contribution < -0.4 is 11.3 Å². The van der Waals surface area contributed by atoms with E-state index in [1.165, 1.54) is 0 Å². The first-order valence-electron chi connectivity index (χ1n) is 3.27. The lowest BCUT2D eigenvalue weighted by molar-refractivity contribution is -0.125. The summed E-state index contributed by atoms with van der Waals surface area (Å²) in [5, 5.41) is 0. The second kappa shape index (κ2) is 3.25. The zero-order valence-corrected chi connectivity index (χ0v) is 6.98. The predicted octanol–water partition coefficient (Wildman–Crippen LogP) is -0.619. The van der Waals surface area contributed by atoms with Crippen LogP contribution in [0.5, 0.6) is 0 Å². The van der Waals surface area contributed by atoms with Crippen molar-refractivity contribution in [2.75, 3.05) is 7.11 Å². The molecule has 1 fully saturated rings. The van der Waals surface area contributed by atoms with Crippen molar-refractivity contribution in [2.45, 2.75) is 12.5 Å². The average molecular weight is 174 g/mol. The van der Waals surface area contributed by atoms with Gasteiger partial charge in [0.05, 0.1) is 12.0 Å². The highest BCUT2D eigenvalue weighted by atomic mass is 32.1. The number of thiocarbonyl (C=S) groups is 1. The Balaban J connectivity index is 2.44. The number of methoxy groups -OCH3 is 1. The van der Waals surface area contributed by atoms with Crippen LogP contribution >= 0.6 is 12.2 Å². The topological polar surface area (TPSA) is 64.3 Å². The molecule has 0 aromatic carbocycles. The predicted molar refractivity (Wildman–Crippen MR) is 43.8 cm³/mol. The Labute approximate surface area is 70.1 Å². The number of nitrogens with two attached hydrogens (primary N) is 1. The van der Waals surface area contributed by atoms with E-state index in [1.807, 2.05) is 0 Å². The number of amides is 1. The largest absolute Gasteiger partial charge is 0.376 e. The molecular weight excluding hydrogens is 164 g/mol. The van der Waals surface area contributed by atoms with Gasteiger partial charge in [0.2, 0.25) is 5.91 Å². The lowest BCUT2D eigenvalue weighted by atomic mass is 9.81. The van der Waals surface area contributed by atoms with E-state index in [0.717, 1.165) is 0 Å². The number of hydrogen-bond acceptors (Lipinski definition) is 4. The van der Waals surface area contributed by atoms with E-state index < -0.39 is 0 Å². The van der Waals surface area contributed by atoms with Gasteiger partial charge in [-0.2, -0.15) is 0 Å². The molecular formula is C6H10N2O2S. The van der Waals surface area contributed by atoms with Crippen LogP contribution in [0.15, 0.2) is 0 Å². The molecule has 1 amide bonds. The number of hydrazine groups is 1. The molecule has 0 aliphatic heterocycles. The average Bonchev–Trinajstić information content (AvgIpc) is 2.02. The first-order valence-corrected chi connectivity index (χ1v) is 3.68. The minimum Gasteiger partial charge on any atom is -0.376 e. The summed E-state index contributed by atoms with van der Waals surface area (Å²) in [6, 6.07) is 0. The van der Waals surface area contributed by atoms with E-state index in [-0.39, 0.29) is 17.9 Å². The molecule has 2 atom stereocenters. The van der Waals surface area contributed by atoms with E-state index in [9.17, 15) is 4.79 Å². The molecule has 62 valence electrons. The monoisotopic (exact) mass is 174 g/mol. The number of ether oxygens (including phenoxy) is 1. The molecule has 0 radical (unpaired) electrons. The van der Waals surface area contributed by atoms with Crippen molar-refractivity contribution in [1.29, 1.82) is 0 Å². The van der Waals surface area contributed by atoms with Crippen molar-refractivity contribution in [2.24, 2.45) is 11.8 Å². The van der Waals surface area contributed by atoms with Gasteiger partial charge in [0.25, 0.3) is 0 Å². The summed E-state index contributed by atoms with van der Waals surface area (Å²) >= 11 is 4.93. The second-order valence-corrected chi connectivity index (χ2v) is 2.89. The summed E-state index contributed by atoms with van der Waals surface area (Å²) in [7, 11) is 1.58. The van der Waals surface area contributed by atoms with Crippen molar-refractivity contribution in [3.05, 3.63) is 0 Å². The van der Waals surface area contributed by atoms with Gasteiger partial charge in [0.1, 0.15) is 0 Å². The Morgan fingerprint density at radius 2 is 2.55 bits per heavy atom. The quantitative estimate of drug-likeness (QED) is 0.253. The third-order valence-electron chi connectivity index (χ3n) is 1.85. The lowest BCUT2D eigenvalue weighted by Crippen LogP contribution is -2.51. The molecule has 0 bridgehead atoms. The fourth-order valence-electron chi connectivity index (χ4n) is 1.06. The number of nitrogens with one attached hydrogen (secondary N) is 1. The van der Waals surface area contributed by atoms with Crippen LogP contribution in [0.3, 0.4) is 0 Å². The zero-order valence-electron chi connectivity index (χ0n) is 6.16. The third-order valence-corrected chi connectivity index (χ3v) is 2.40. The van der Waals surface area contributed by atoms with Gasteiger partial charge in [-0.25, -0.2) is 5.84 Å². The van der Waals surface area contributed by atoms with Gasteiger partial charge in [0, 0.05) is 12.0 Å². The van der Waals surface area contributed by atoms with Crippen molar-refractivity contribution >= 4 is 23.0 Å². The lowest BCUT2D eigenvalue weighted by Gasteiger charge is -2.33. The van der Waals surface area contributed by atoms with E-state index in [4.69, 9.17) is 22.8 Å². The van der Waals surface area contributed by atoms with Crippen LogP contribution in [0.2, 0.25) is 0 Å². The Hall–Kier alpha value is -0.520. The van der Waals surface area contributed by atoms with E-state index >= 15 is 0 Å². The molecule has 0 heterocycles. The number of carbonyl (C=O) groups excluding carboxylic acids is 1. The summed E-state index contributed by atoms with van der Waals surface area (Å²) in [5.41, 5.74) is 2.06. The molecule has 3 N–H and O–H groups in total. The van der Waals surface area contributed by atoms with Crippen LogP contribution in [0.25, 0.3) is 0 Å². The summed E-state index contributed by atoms with van der Waals surface area (Å²) in [4.78, 5) is 11.5. The van der Waals surface area contributed by atoms with E-state index in [0.29, 0.717) is 11.3 Å². The van der Waals surface area contributed by atoms with Crippen molar-refractivity contribution in [3.63, 3.8) is 0 Å². The maximum atomic E-state index is 10.9. The van der Waals surface area contributed by atoms with Gasteiger partial charge in [-0.05, 0) is 6.42 Å². The van der Waals surface area contributed by atoms with Crippen molar-refractivity contribution < 1.29 is 9.53 Å². The normalized spacial score (nSPS) is 29.5. The highest BCUT2D eigenvalue weighted by Gasteiger charge is 2.40. The Kier molecular flexibility index (Phi) is 2.53. The maximum absolute atomic E-state index is 10.9. The number of hydrogen-bond donors (Lipinski definition) is 2. The minimum atomic E-state index is -0.222. The molecule has 0 spiro atoms. The van der Waals surface area contributed by atoms with Gasteiger partial charge in [-0.15, -0.1) is 0 Å². The van der Waals surface area contributed by atoms with Crippen LogP contribution in [-0.2, 0) is 9.53 Å². The Morgan fingerprint density at radius 1 is 1.91 bits per heavy atom. The molecule has 1 aliphatic carbocycles.